The Morgan fingerprint density at radius 1 is 0.771 bits per heavy atom. The fraction of sp³-hybridized carbons (Fsp3) is 0. The molecule has 0 atom stereocenters. The summed E-state index contributed by atoms with van der Waals surface area (Å²) in [5.41, 5.74) is 8.73. The van der Waals surface area contributed by atoms with Crippen LogP contribution in [-0.4, -0.2) is 22.5 Å². The first-order valence-corrected chi connectivity index (χ1v) is 12.2. The average Bonchev–Trinajstić information content (AvgIpc) is 3.54. The number of carbonyl (C=O) groups excluding carboxylic acids is 2. The number of pyridine rings is 1. The van der Waals surface area contributed by atoms with Gasteiger partial charge in [-0.3, -0.25) is 25.1 Å². The SMILES string of the molecule is N=C1C(=O)NC(=O)c2cc(-c3ccccc3)sc21.Nc1c[nH]c(=O)c2cc(-c3ccccc3)sc12. The van der Waals surface area contributed by atoms with Crippen LogP contribution in [0.4, 0.5) is 5.69 Å². The van der Waals surface area contributed by atoms with Crippen LogP contribution in [0.5, 0.6) is 0 Å². The molecular formula is C26H18N4O3S2. The quantitative estimate of drug-likeness (QED) is 0.258. The molecule has 0 bridgehead atoms. The molecule has 1 aliphatic rings. The molecule has 5 aromatic rings. The van der Waals surface area contributed by atoms with Gasteiger partial charge in [0.2, 0.25) is 0 Å². The molecule has 0 unspecified atom stereocenters. The Labute approximate surface area is 207 Å². The number of nitrogens with two attached hydrogens (primary N) is 1. The lowest BCUT2D eigenvalue weighted by Gasteiger charge is -2.10. The van der Waals surface area contributed by atoms with E-state index in [0.717, 1.165) is 25.6 Å². The Balaban J connectivity index is 0.000000145. The van der Waals surface area contributed by atoms with Gasteiger partial charge in [0.1, 0.15) is 5.71 Å². The topological polar surface area (TPSA) is 129 Å². The van der Waals surface area contributed by atoms with Gasteiger partial charge in [0.15, 0.2) is 0 Å². The molecule has 0 saturated carbocycles. The van der Waals surface area contributed by atoms with E-state index in [9.17, 15) is 14.4 Å². The van der Waals surface area contributed by atoms with Crippen LogP contribution in [-0.2, 0) is 4.79 Å². The third-order valence-electron chi connectivity index (χ3n) is 5.37. The molecule has 7 nitrogen and oxygen atoms in total. The Bertz CT molecular complexity index is 1650. The van der Waals surface area contributed by atoms with Gasteiger partial charge in [-0.25, -0.2) is 0 Å². The summed E-state index contributed by atoms with van der Waals surface area (Å²) in [5, 5.41) is 10.5. The lowest BCUT2D eigenvalue weighted by atomic mass is 10.1. The summed E-state index contributed by atoms with van der Waals surface area (Å²) < 4.78 is 0.854. The molecule has 0 fully saturated rings. The molecule has 0 radical (unpaired) electrons. The van der Waals surface area contributed by atoms with E-state index < -0.39 is 11.8 Å². The Hall–Kier alpha value is -4.34. The van der Waals surface area contributed by atoms with Crippen molar-refractivity contribution in [2.45, 2.75) is 0 Å². The molecule has 0 saturated heterocycles. The number of hydrogen-bond donors (Lipinski definition) is 4. The van der Waals surface area contributed by atoms with Crippen molar-refractivity contribution < 1.29 is 9.59 Å². The Morgan fingerprint density at radius 3 is 1.97 bits per heavy atom. The molecule has 2 aromatic carbocycles. The molecule has 172 valence electrons. The van der Waals surface area contributed by atoms with Crippen LogP contribution in [0.25, 0.3) is 31.0 Å². The Morgan fingerprint density at radius 2 is 1.37 bits per heavy atom. The first kappa shape index (κ1) is 22.5. The van der Waals surface area contributed by atoms with Crippen LogP contribution in [0, 0.1) is 5.41 Å². The number of anilines is 1. The number of aromatic amines is 1. The van der Waals surface area contributed by atoms with Crippen LogP contribution in [0.15, 0.2) is 83.8 Å². The highest BCUT2D eigenvalue weighted by molar-refractivity contribution is 7.22. The second-order valence-electron chi connectivity index (χ2n) is 7.67. The fourth-order valence-electron chi connectivity index (χ4n) is 3.63. The number of thiophene rings is 2. The predicted octanol–water partition coefficient (Wildman–Crippen LogP) is 4.89. The minimum atomic E-state index is -0.631. The van der Waals surface area contributed by atoms with Crippen LogP contribution < -0.4 is 16.6 Å². The zero-order valence-corrected chi connectivity index (χ0v) is 19.8. The van der Waals surface area contributed by atoms with E-state index in [1.807, 2.05) is 66.7 Å². The van der Waals surface area contributed by atoms with Gasteiger partial charge in [-0.15, -0.1) is 22.7 Å². The van der Waals surface area contributed by atoms with Gasteiger partial charge in [0, 0.05) is 16.0 Å². The number of benzene rings is 2. The first-order valence-electron chi connectivity index (χ1n) is 10.5. The first-order chi connectivity index (χ1) is 16.9. The van der Waals surface area contributed by atoms with Gasteiger partial charge in [-0.05, 0) is 23.3 Å². The van der Waals surface area contributed by atoms with E-state index in [0.29, 0.717) is 21.5 Å². The zero-order chi connectivity index (χ0) is 24.5. The number of carbonyl (C=O) groups is 2. The number of imide groups is 1. The molecular weight excluding hydrogens is 480 g/mol. The third-order valence-corrected chi connectivity index (χ3v) is 7.81. The summed E-state index contributed by atoms with van der Waals surface area (Å²) in [6.45, 7) is 0. The molecule has 5 N–H and O–H groups in total. The zero-order valence-electron chi connectivity index (χ0n) is 18.1. The van der Waals surface area contributed by atoms with Gasteiger partial charge < -0.3 is 10.7 Å². The minimum absolute atomic E-state index is 0.0902. The van der Waals surface area contributed by atoms with Gasteiger partial charge >= 0.3 is 0 Å². The van der Waals surface area contributed by atoms with Crippen molar-refractivity contribution in [2.24, 2.45) is 0 Å². The lowest BCUT2D eigenvalue weighted by molar-refractivity contribution is -0.114. The number of rotatable bonds is 2. The lowest BCUT2D eigenvalue weighted by Crippen LogP contribution is -2.41. The second-order valence-corrected chi connectivity index (χ2v) is 9.77. The standard InChI is InChI=1S/C13H8N2O2S.C13H10N2OS/c14-10-11-8(12(16)15-13(10)17)6-9(18-11)7-4-2-1-3-5-7;14-10-7-15-13(16)9-6-11(17-12(9)10)8-4-2-1-3-5-8/h1-6,14H,(H,15,16,17);1-7H,14H2,(H,15,16). The minimum Gasteiger partial charge on any atom is -0.396 e. The molecule has 3 aromatic heterocycles. The van der Waals surface area contributed by atoms with Gasteiger partial charge in [0.25, 0.3) is 17.4 Å². The summed E-state index contributed by atoms with van der Waals surface area (Å²) in [7, 11) is 0. The highest BCUT2D eigenvalue weighted by Gasteiger charge is 2.30. The number of nitrogens with one attached hydrogen (secondary N) is 3. The number of amides is 2. The second kappa shape index (κ2) is 9.13. The molecule has 0 aliphatic carbocycles. The largest absolute Gasteiger partial charge is 0.396 e. The number of aromatic nitrogens is 1. The van der Waals surface area contributed by atoms with Crippen molar-refractivity contribution >= 4 is 56.0 Å². The highest BCUT2D eigenvalue weighted by atomic mass is 32.1. The molecule has 2 amide bonds. The number of fused-ring (bicyclic) bond motifs is 2. The van der Waals surface area contributed by atoms with Crippen molar-refractivity contribution in [1.82, 2.24) is 10.3 Å². The van der Waals surface area contributed by atoms with Crippen LogP contribution in [0.3, 0.4) is 0 Å². The summed E-state index contributed by atoms with van der Waals surface area (Å²) in [4.78, 5) is 39.7. The average molecular weight is 499 g/mol. The van der Waals surface area contributed by atoms with E-state index in [1.54, 1.807) is 23.6 Å². The predicted molar refractivity (Wildman–Crippen MR) is 141 cm³/mol. The van der Waals surface area contributed by atoms with Crippen molar-refractivity contribution in [3.8, 4) is 20.9 Å². The monoisotopic (exact) mass is 498 g/mol. The normalized spacial score (nSPS) is 12.6. The van der Waals surface area contributed by atoms with Crippen molar-refractivity contribution in [3.05, 3.63) is 99.8 Å². The smallest absolute Gasteiger partial charge is 0.277 e. The van der Waals surface area contributed by atoms with Crippen LogP contribution >= 0.6 is 22.7 Å². The van der Waals surface area contributed by atoms with Crippen molar-refractivity contribution in [3.63, 3.8) is 0 Å². The highest BCUT2D eigenvalue weighted by Crippen LogP contribution is 2.35. The van der Waals surface area contributed by atoms with E-state index in [-0.39, 0.29) is 11.3 Å². The molecule has 1 aliphatic heterocycles. The number of nitrogen functional groups attached to an aromatic ring is 1. The van der Waals surface area contributed by atoms with Gasteiger partial charge in [0.05, 0.1) is 26.2 Å². The summed E-state index contributed by atoms with van der Waals surface area (Å²) in [6, 6.07) is 23.2. The Kier molecular flexibility index (Phi) is 5.86. The number of H-pyrrole nitrogens is 1. The van der Waals surface area contributed by atoms with E-state index in [4.69, 9.17) is 11.1 Å². The number of hydrogen-bond acceptors (Lipinski definition) is 7. The summed E-state index contributed by atoms with van der Waals surface area (Å²) >= 11 is 2.84. The van der Waals surface area contributed by atoms with E-state index in [1.165, 1.54) is 11.3 Å². The molecule has 0 spiro atoms. The van der Waals surface area contributed by atoms with Crippen molar-refractivity contribution in [1.29, 1.82) is 5.41 Å². The van der Waals surface area contributed by atoms with E-state index in [2.05, 4.69) is 10.3 Å². The maximum absolute atomic E-state index is 11.7. The maximum atomic E-state index is 11.7. The fourth-order valence-corrected chi connectivity index (χ4v) is 5.83. The van der Waals surface area contributed by atoms with E-state index >= 15 is 0 Å². The van der Waals surface area contributed by atoms with Gasteiger partial charge in [-0.1, -0.05) is 60.7 Å². The van der Waals surface area contributed by atoms with Crippen LogP contribution in [0.2, 0.25) is 0 Å². The van der Waals surface area contributed by atoms with Crippen molar-refractivity contribution in [2.75, 3.05) is 5.73 Å². The van der Waals surface area contributed by atoms with Gasteiger partial charge in [-0.2, -0.15) is 0 Å². The summed E-state index contributed by atoms with van der Waals surface area (Å²) in [6.07, 6.45) is 1.55. The van der Waals surface area contributed by atoms with Crippen LogP contribution in [0.1, 0.15) is 15.2 Å². The molecule has 4 heterocycles. The maximum Gasteiger partial charge on any atom is 0.277 e. The molecule has 6 rings (SSSR count). The third kappa shape index (κ3) is 4.30. The summed E-state index contributed by atoms with van der Waals surface area (Å²) in [5.74, 6) is -1.06. The molecule has 35 heavy (non-hydrogen) atoms. The molecule has 9 heteroatoms.